The minimum Gasteiger partial charge on any atom is -0.497 e. The van der Waals surface area contributed by atoms with Gasteiger partial charge in [0.2, 0.25) is 0 Å². The third kappa shape index (κ3) is 3.09. The number of aliphatic hydroxyl groups is 1. The zero-order valence-electron chi connectivity index (χ0n) is 10.8. The van der Waals surface area contributed by atoms with Gasteiger partial charge in [0.15, 0.2) is 0 Å². The van der Waals surface area contributed by atoms with E-state index in [9.17, 15) is 5.11 Å². The molecule has 0 unspecified atom stereocenters. The van der Waals surface area contributed by atoms with Crippen molar-refractivity contribution in [2.75, 3.05) is 7.11 Å². The highest BCUT2D eigenvalue weighted by molar-refractivity contribution is 7.11. The van der Waals surface area contributed by atoms with E-state index in [-0.39, 0.29) is 0 Å². The number of hydrogen-bond donors (Lipinski definition) is 1. The van der Waals surface area contributed by atoms with Gasteiger partial charge in [0, 0.05) is 12.6 Å². The van der Waals surface area contributed by atoms with Crippen LogP contribution in [0.3, 0.4) is 0 Å². The van der Waals surface area contributed by atoms with Crippen LogP contribution in [0.5, 0.6) is 5.75 Å². The summed E-state index contributed by atoms with van der Waals surface area (Å²) in [5, 5.41) is 10.9. The number of methoxy groups -OCH3 is 1. The molecule has 0 spiro atoms. The van der Waals surface area contributed by atoms with E-state index in [1.165, 1.54) is 5.56 Å². The maximum Gasteiger partial charge on any atom is 0.118 e. The van der Waals surface area contributed by atoms with Crippen molar-refractivity contribution in [1.82, 2.24) is 4.98 Å². The minimum atomic E-state index is -0.810. The Balaban J connectivity index is 2.11. The van der Waals surface area contributed by atoms with Crippen LogP contribution in [0.15, 0.2) is 30.5 Å². The zero-order valence-corrected chi connectivity index (χ0v) is 11.6. The predicted molar refractivity (Wildman–Crippen MR) is 73.2 cm³/mol. The molecule has 0 saturated carbocycles. The molecule has 0 saturated heterocycles. The highest BCUT2D eigenvalue weighted by Gasteiger charge is 2.19. The largest absolute Gasteiger partial charge is 0.497 e. The maximum absolute atomic E-state index is 9.89. The zero-order chi connectivity index (χ0) is 13.2. The van der Waals surface area contributed by atoms with Gasteiger partial charge < -0.3 is 9.84 Å². The second kappa shape index (κ2) is 5.08. The second-order valence-corrected chi connectivity index (χ2v) is 5.82. The van der Waals surface area contributed by atoms with Crippen LogP contribution in [0.1, 0.15) is 29.3 Å². The lowest BCUT2D eigenvalue weighted by atomic mass is 10.1. The van der Waals surface area contributed by atoms with Crippen LogP contribution in [0.25, 0.3) is 0 Å². The first-order chi connectivity index (χ1) is 8.49. The summed E-state index contributed by atoms with van der Waals surface area (Å²) < 4.78 is 5.12. The summed E-state index contributed by atoms with van der Waals surface area (Å²) in [6, 6.07) is 7.95. The molecule has 0 aliphatic carbocycles. The molecule has 1 heterocycles. The van der Waals surface area contributed by atoms with E-state index in [0.717, 1.165) is 22.1 Å². The van der Waals surface area contributed by atoms with E-state index in [1.54, 1.807) is 38.5 Å². The van der Waals surface area contributed by atoms with Crippen LogP contribution in [0.2, 0.25) is 0 Å². The van der Waals surface area contributed by atoms with Gasteiger partial charge in [-0.2, -0.15) is 0 Å². The fourth-order valence-electron chi connectivity index (χ4n) is 1.59. The summed E-state index contributed by atoms with van der Waals surface area (Å²) in [6.45, 7) is 3.55. The molecule has 0 amide bonds. The lowest BCUT2D eigenvalue weighted by Gasteiger charge is -2.13. The van der Waals surface area contributed by atoms with Crippen LogP contribution >= 0.6 is 11.3 Å². The standard InChI is InChI=1S/C14H17NO2S/c1-14(2,16)12-9-15-13(18-12)8-10-4-6-11(17-3)7-5-10/h4-7,9,16H,8H2,1-3H3. The Morgan fingerprint density at radius 3 is 2.44 bits per heavy atom. The number of hydrogen-bond acceptors (Lipinski definition) is 4. The fraction of sp³-hybridized carbons (Fsp3) is 0.357. The Morgan fingerprint density at radius 2 is 1.94 bits per heavy atom. The molecule has 1 aromatic heterocycles. The normalized spacial score (nSPS) is 11.6. The highest BCUT2D eigenvalue weighted by atomic mass is 32.1. The van der Waals surface area contributed by atoms with Gasteiger partial charge in [0.25, 0.3) is 0 Å². The van der Waals surface area contributed by atoms with Crippen LogP contribution in [-0.2, 0) is 12.0 Å². The van der Waals surface area contributed by atoms with Gasteiger partial charge >= 0.3 is 0 Å². The highest BCUT2D eigenvalue weighted by Crippen LogP contribution is 2.27. The molecule has 3 nitrogen and oxygen atoms in total. The number of ether oxygens (including phenoxy) is 1. The molecule has 0 radical (unpaired) electrons. The van der Waals surface area contributed by atoms with Crippen molar-refractivity contribution in [2.45, 2.75) is 25.9 Å². The SMILES string of the molecule is COc1ccc(Cc2ncc(C(C)(C)O)s2)cc1. The van der Waals surface area contributed by atoms with Crippen molar-refractivity contribution in [2.24, 2.45) is 0 Å². The number of rotatable bonds is 4. The summed E-state index contributed by atoms with van der Waals surface area (Å²) in [7, 11) is 1.66. The minimum absolute atomic E-state index is 0.782. The molecule has 1 aromatic carbocycles. The van der Waals surface area contributed by atoms with E-state index < -0.39 is 5.60 Å². The Hall–Kier alpha value is -1.39. The van der Waals surface area contributed by atoms with Crippen molar-refractivity contribution < 1.29 is 9.84 Å². The van der Waals surface area contributed by atoms with Crippen molar-refractivity contribution >= 4 is 11.3 Å². The summed E-state index contributed by atoms with van der Waals surface area (Å²) in [5.41, 5.74) is 0.378. The Kier molecular flexibility index (Phi) is 3.68. The summed E-state index contributed by atoms with van der Waals surface area (Å²) >= 11 is 1.55. The third-order valence-corrected chi connectivity index (χ3v) is 3.98. The third-order valence-electron chi connectivity index (χ3n) is 2.67. The molecule has 0 bridgehead atoms. The Morgan fingerprint density at radius 1 is 1.28 bits per heavy atom. The summed E-state index contributed by atoms with van der Waals surface area (Å²) in [5.74, 6) is 0.857. The second-order valence-electron chi connectivity index (χ2n) is 4.70. The van der Waals surface area contributed by atoms with Crippen molar-refractivity contribution in [1.29, 1.82) is 0 Å². The number of thiazole rings is 1. The first kappa shape index (κ1) is 13.1. The molecule has 0 atom stereocenters. The first-order valence-electron chi connectivity index (χ1n) is 5.79. The van der Waals surface area contributed by atoms with E-state index >= 15 is 0 Å². The van der Waals surface area contributed by atoms with E-state index in [2.05, 4.69) is 4.98 Å². The van der Waals surface area contributed by atoms with Crippen molar-refractivity contribution in [3.8, 4) is 5.75 Å². The van der Waals surface area contributed by atoms with E-state index in [0.29, 0.717) is 0 Å². The summed E-state index contributed by atoms with van der Waals surface area (Å²) in [6.07, 6.45) is 2.54. The molecule has 18 heavy (non-hydrogen) atoms. The number of benzene rings is 1. The lowest BCUT2D eigenvalue weighted by molar-refractivity contribution is 0.0823. The van der Waals surface area contributed by atoms with Gasteiger partial charge in [0.1, 0.15) is 5.75 Å². The Bertz CT molecular complexity index is 511. The molecule has 4 heteroatoms. The lowest BCUT2D eigenvalue weighted by Crippen LogP contribution is -2.12. The summed E-state index contributed by atoms with van der Waals surface area (Å²) in [4.78, 5) is 5.24. The van der Waals surface area contributed by atoms with Crippen LogP contribution in [-0.4, -0.2) is 17.2 Å². The monoisotopic (exact) mass is 263 g/mol. The van der Waals surface area contributed by atoms with Gasteiger partial charge in [-0.25, -0.2) is 4.98 Å². The Labute approximate surface area is 111 Å². The van der Waals surface area contributed by atoms with Gasteiger partial charge in [-0.15, -0.1) is 11.3 Å². The smallest absolute Gasteiger partial charge is 0.118 e. The fourth-order valence-corrected chi connectivity index (χ4v) is 2.55. The topological polar surface area (TPSA) is 42.4 Å². The van der Waals surface area contributed by atoms with Gasteiger partial charge in [-0.1, -0.05) is 12.1 Å². The average Bonchev–Trinajstić information content (AvgIpc) is 2.78. The first-order valence-corrected chi connectivity index (χ1v) is 6.61. The molecule has 0 aliphatic rings. The van der Waals surface area contributed by atoms with Crippen molar-refractivity contribution in [3.05, 3.63) is 45.9 Å². The van der Waals surface area contributed by atoms with Gasteiger partial charge in [-0.05, 0) is 31.5 Å². The maximum atomic E-state index is 9.89. The molecular formula is C14H17NO2S. The van der Waals surface area contributed by atoms with Crippen molar-refractivity contribution in [3.63, 3.8) is 0 Å². The predicted octanol–water partition coefficient (Wildman–Crippen LogP) is 2.97. The van der Waals surface area contributed by atoms with Crippen LogP contribution in [0, 0.1) is 0 Å². The number of nitrogens with zero attached hydrogens (tertiary/aromatic N) is 1. The van der Waals surface area contributed by atoms with E-state index in [1.807, 2.05) is 24.3 Å². The molecule has 2 aromatic rings. The molecule has 0 fully saturated rings. The van der Waals surface area contributed by atoms with Gasteiger partial charge in [-0.3, -0.25) is 0 Å². The average molecular weight is 263 g/mol. The van der Waals surface area contributed by atoms with Crippen LogP contribution < -0.4 is 4.74 Å². The van der Waals surface area contributed by atoms with Crippen LogP contribution in [0.4, 0.5) is 0 Å². The molecule has 96 valence electrons. The molecule has 0 aliphatic heterocycles. The molecule has 1 N–H and O–H groups in total. The molecular weight excluding hydrogens is 246 g/mol. The number of aromatic nitrogens is 1. The van der Waals surface area contributed by atoms with Gasteiger partial charge in [0.05, 0.1) is 22.6 Å². The quantitative estimate of drug-likeness (QED) is 0.922. The molecule has 2 rings (SSSR count). The van der Waals surface area contributed by atoms with E-state index in [4.69, 9.17) is 4.74 Å².